The summed E-state index contributed by atoms with van der Waals surface area (Å²) >= 11 is 4.93. The van der Waals surface area contributed by atoms with Gasteiger partial charge in [-0.3, -0.25) is 0 Å². The maximum atomic E-state index is 5.58. The van der Waals surface area contributed by atoms with Crippen LogP contribution in [-0.4, -0.2) is 32.4 Å². The van der Waals surface area contributed by atoms with E-state index in [2.05, 4.69) is 0 Å². The van der Waals surface area contributed by atoms with Crippen molar-refractivity contribution in [3.05, 3.63) is 29.3 Å². The van der Waals surface area contributed by atoms with E-state index < -0.39 is 0 Å². The molecule has 0 aromatic heterocycles. The zero-order valence-electron chi connectivity index (χ0n) is 10.1. The van der Waals surface area contributed by atoms with Gasteiger partial charge in [0.2, 0.25) is 0 Å². The highest BCUT2D eigenvalue weighted by atomic mass is 32.1. The van der Waals surface area contributed by atoms with E-state index in [1.165, 1.54) is 0 Å². The fourth-order valence-electron chi connectivity index (χ4n) is 1.36. The molecular weight excluding hydrogens is 238 g/mol. The molecule has 1 aromatic rings. The minimum Gasteiger partial charge on any atom is -0.496 e. The average Bonchev–Trinajstić information content (AvgIpc) is 2.34. The molecule has 0 saturated heterocycles. The standard InChI is InChI=1S/C12H17NO3S/c1-14-5-6-16-8-9-3-4-10(12(13)17)11(7-9)15-2/h3-4,7H,5-6,8H2,1-2H3,(H2,13,17). The number of thiocarbonyl (C=S) groups is 1. The van der Waals surface area contributed by atoms with Crippen LogP contribution in [0.4, 0.5) is 0 Å². The van der Waals surface area contributed by atoms with Gasteiger partial charge in [-0.15, -0.1) is 0 Å². The zero-order valence-corrected chi connectivity index (χ0v) is 10.9. The molecule has 0 atom stereocenters. The van der Waals surface area contributed by atoms with Crippen LogP contribution in [0.3, 0.4) is 0 Å². The summed E-state index contributed by atoms with van der Waals surface area (Å²) in [6, 6.07) is 5.64. The number of hydrogen-bond acceptors (Lipinski definition) is 4. The molecule has 0 aliphatic heterocycles. The van der Waals surface area contributed by atoms with Gasteiger partial charge in [-0.25, -0.2) is 0 Å². The van der Waals surface area contributed by atoms with Crippen molar-refractivity contribution < 1.29 is 14.2 Å². The van der Waals surface area contributed by atoms with Crippen LogP contribution in [-0.2, 0) is 16.1 Å². The first kappa shape index (κ1) is 13.9. The summed E-state index contributed by atoms with van der Waals surface area (Å²) < 4.78 is 15.5. The van der Waals surface area contributed by atoms with Crippen LogP contribution in [0.1, 0.15) is 11.1 Å². The van der Waals surface area contributed by atoms with E-state index in [4.69, 9.17) is 32.2 Å². The second-order valence-corrected chi connectivity index (χ2v) is 3.88. The predicted molar refractivity (Wildman–Crippen MR) is 70.4 cm³/mol. The predicted octanol–water partition coefficient (Wildman–Crippen LogP) is 1.49. The summed E-state index contributed by atoms with van der Waals surface area (Å²) in [5, 5.41) is 0. The van der Waals surface area contributed by atoms with Gasteiger partial charge in [-0.2, -0.15) is 0 Å². The van der Waals surface area contributed by atoms with Crippen LogP contribution in [0.15, 0.2) is 18.2 Å². The number of ether oxygens (including phenoxy) is 3. The molecule has 0 spiro atoms. The van der Waals surface area contributed by atoms with Gasteiger partial charge >= 0.3 is 0 Å². The summed E-state index contributed by atoms with van der Waals surface area (Å²) in [4.78, 5) is 0.328. The fraction of sp³-hybridized carbons (Fsp3) is 0.417. The van der Waals surface area contributed by atoms with Crippen molar-refractivity contribution in [1.82, 2.24) is 0 Å². The Labute approximate surface area is 107 Å². The van der Waals surface area contributed by atoms with E-state index in [0.29, 0.717) is 30.6 Å². The Kier molecular flexibility index (Phi) is 5.90. The molecule has 0 aliphatic rings. The Hall–Kier alpha value is -1.17. The van der Waals surface area contributed by atoms with Gasteiger partial charge in [-0.1, -0.05) is 18.3 Å². The summed E-state index contributed by atoms with van der Waals surface area (Å²) in [6.07, 6.45) is 0. The van der Waals surface area contributed by atoms with Crippen molar-refractivity contribution in [3.63, 3.8) is 0 Å². The van der Waals surface area contributed by atoms with E-state index in [-0.39, 0.29) is 0 Å². The summed E-state index contributed by atoms with van der Waals surface area (Å²) in [5.41, 5.74) is 7.33. The van der Waals surface area contributed by atoms with Gasteiger partial charge < -0.3 is 19.9 Å². The molecule has 1 aromatic carbocycles. The van der Waals surface area contributed by atoms with Gasteiger partial charge in [0.15, 0.2) is 0 Å². The topological polar surface area (TPSA) is 53.7 Å². The maximum Gasteiger partial charge on any atom is 0.129 e. The third-order valence-corrected chi connectivity index (χ3v) is 2.45. The molecule has 0 amide bonds. The van der Waals surface area contributed by atoms with Crippen LogP contribution in [0, 0.1) is 0 Å². The Morgan fingerprint density at radius 2 is 2.06 bits per heavy atom. The number of rotatable bonds is 7. The first-order chi connectivity index (χ1) is 8.19. The number of benzene rings is 1. The molecule has 2 N–H and O–H groups in total. The van der Waals surface area contributed by atoms with Crippen molar-refractivity contribution in [2.45, 2.75) is 6.61 Å². The highest BCUT2D eigenvalue weighted by molar-refractivity contribution is 7.80. The van der Waals surface area contributed by atoms with Crippen molar-refractivity contribution in [2.75, 3.05) is 27.4 Å². The Bertz CT molecular complexity index is 382. The Morgan fingerprint density at radius 1 is 1.29 bits per heavy atom. The molecule has 0 aliphatic carbocycles. The van der Waals surface area contributed by atoms with Gasteiger partial charge in [0.1, 0.15) is 10.7 Å². The normalized spacial score (nSPS) is 10.2. The van der Waals surface area contributed by atoms with Crippen molar-refractivity contribution in [2.24, 2.45) is 5.73 Å². The first-order valence-electron chi connectivity index (χ1n) is 5.22. The lowest BCUT2D eigenvalue weighted by molar-refractivity contribution is 0.0616. The third kappa shape index (κ3) is 4.30. The van der Waals surface area contributed by atoms with Crippen LogP contribution >= 0.6 is 12.2 Å². The van der Waals surface area contributed by atoms with Gasteiger partial charge in [0.05, 0.1) is 32.5 Å². The van der Waals surface area contributed by atoms with Crippen molar-refractivity contribution >= 4 is 17.2 Å². The molecule has 5 heteroatoms. The zero-order chi connectivity index (χ0) is 12.7. The smallest absolute Gasteiger partial charge is 0.129 e. The summed E-state index contributed by atoms with van der Waals surface area (Å²) in [5.74, 6) is 0.672. The summed E-state index contributed by atoms with van der Waals surface area (Å²) in [6.45, 7) is 1.66. The molecule has 0 fully saturated rings. The van der Waals surface area contributed by atoms with Crippen molar-refractivity contribution in [1.29, 1.82) is 0 Å². The number of hydrogen-bond donors (Lipinski definition) is 1. The Morgan fingerprint density at radius 3 is 2.65 bits per heavy atom. The quantitative estimate of drug-likeness (QED) is 0.591. The SMILES string of the molecule is COCCOCc1ccc(C(N)=S)c(OC)c1. The van der Waals surface area contributed by atoms with Gasteiger partial charge in [-0.05, 0) is 17.7 Å². The highest BCUT2D eigenvalue weighted by Gasteiger charge is 2.06. The molecule has 0 saturated carbocycles. The van der Waals surface area contributed by atoms with Crippen LogP contribution in [0.25, 0.3) is 0 Å². The molecule has 0 radical (unpaired) electrons. The van der Waals surface area contributed by atoms with Crippen molar-refractivity contribution in [3.8, 4) is 5.75 Å². The monoisotopic (exact) mass is 255 g/mol. The maximum absolute atomic E-state index is 5.58. The van der Waals surface area contributed by atoms with E-state index >= 15 is 0 Å². The Balaban J connectivity index is 2.66. The largest absolute Gasteiger partial charge is 0.496 e. The third-order valence-electron chi connectivity index (χ3n) is 2.23. The van der Waals surface area contributed by atoms with Crippen LogP contribution in [0.2, 0.25) is 0 Å². The van der Waals surface area contributed by atoms with Gasteiger partial charge in [0.25, 0.3) is 0 Å². The molecule has 0 heterocycles. The molecule has 94 valence electrons. The molecule has 0 unspecified atom stereocenters. The second kappa shape index (κ2) is 7.21. The lowest BCUT2D eigenvalue weighted by atomic mass is 10.1. The van der Waals surface area contributed by atoms with Crippen LogP contribution in [0.5, 0.6) is 5.75 Å². The number of nitrogens with two attached hydrogens (primary N) is 1. The molecule has 0 bridgehead atoms. The highest BCUT2D eigenvalue weighted by Crippen LogP contribution is 2.20. The number of methoxy groups -OCH3 is 2. The average molecular weight is 255 g/mol. The van der Waals surface area contributed by atoms with E-state index in [0.717, 1.165) is 11.1 Å². The summed E-state index contributed by atoms with van der Waals surface area (Å²) in [7, 11) is 3.23. The molecule has 17 heavy (non-hydrogen) atoms. The fourth-order valence-corrected chi connectivity index (χ4v) is 1.53. The second-order valence-electron chi connectivity index (χ2n) is 3.44. The minimum atomic E-state index is 0.328. The molecule has 4 nitrogen and oxygen atoms in total. The van der Waals surface area contributed by atoms with E-state index in [9.17, 15) is 0 Å². The lowest BCUT2D eigenvalue weighted by Gasteiger charge is -2.10. The van der Waals surface area contributed by atoms with Gasteiger partial charge in [0, 0.05) is 7.11 Å². The molecule has 1 rings (SSSR count). The van der Waals surface area contributed by atoms with Crippen LogP contribution < -0.4 is 10.5 Å². The minimum absolute atomic E-state index is 0.328. The molecular formula is C12H17NO3S. The van der Waals surface area contributed by atoms with E-state index in [1.807, 2.05) is 18.2 Å². The first-order valence-corrected chi connectivity index (χ1v) is 5.63. The lowest BCUT2D eigenvalue weighted by Crippen LogP contribution is -2.11. The van der Waals surface area contributed by atoms with E-state index in [1.54, 1.807) is 14.2 Å².